The fourth-order valence-electron chi connectivity index (χ4n) is 1.58. The SMILES string of the molecule is C=C=C(COCc1ccccc1)C(O)CCCO. The third-order valence-electron chi connectivity index (χ3n) is 2.63. The second-order valence-electron chi connectivity index (χ2n) is 4.06. The van der Waals surface area contributed by atoms with Crippen LogP contribution >= 0.6 is 0 Å². The Morgan fingerprint density at radius 3 is 2.67 bits per heavy atom. The summed E-state index contributed by atoms with van der Waals surface area (Å²) in [4.78, 5) is 0. The third kappa shape index (κ3) is 5.30. The van der Waals surface area contributed by atoms with Crippen LogP contribution in [-0.2, 0) is 11.3 Å². The lowest BCUT2D eigenvalue weighted by molar-refractivity contribution is 0.110. The van der Waals surface area contributed by atoms with E-state index in [0.29, 0.717) is 31.6 Å². The first-order chi connectivity index (χ1) is 8.77. The Balaban J connectivity index is 2.34. The predicted octanol–water partition coefficient (Wildman–Crippen LogP) is 2.05. The maximum absolute atomic E-state index is 9.81. The van der Waals surface area contributed by atoms with Crippen molar-refractivity contribution in [2.24, 2.45) is 0 Å². The van der Waals surface area contributed by atoms with Crippen molar-refractivity contribution in [2.45, 2.75) is 25.6 Å². The molecule has 0 spiro atoms. The molecule has 1 aromatic rings. The van der Waals surface area contributed by atoms with Crippen molar-refractivity contribution in [3.05, 3.63) is 53.8 Å². The Hall–Kier alpha value is -1.38. The molecule has 98 valence electrons. The normalized spacial score (nSPS) is 11.9. The highest BCUT2D eigenvalue weighted by Gasteiger charge is 2.10. The smallest absolute Gasteiger partial charge is 0.0847 e. The van der Waals surface area contributed by atoms with Gasteiger partial charge in [0.15, 0.2) is 0 Å². The van der Waals surface area contributed by atoms with Gasteiger partial charge >= 0.3 is 0 Å². The van der Waals surface area contributed by atoms with Crippen molar-refractivity contribution in [3.63, 3.8) is 0 Å². The molecule has 1 unspecified atom stereocenters. The van der Waals surface area contributed by atoms with Crippen molar-refractivity contribution in [1.29, 1.82) is 0 Å². The fourth-order valence-corrected chi connectivity index (χ4v) is 1.58. The topological polar surface area (TPSA) is 49.7 Å². The first-order valence-electron chi connectivity index (χ1n) is 6.07. The molecule has 0 bridgehead atoms. The lowest BCUT2D eigenvalue weighted by atomic mass is 10.1. The van der Waals surface area contributed by atoms with E-state index in [2.05, 4.69) is 12.3 Å². The molecule has 0 radical (unpaired) electrons. The first-order valence-corrected chi connectivity index (χ1v) is 6.07. The minimum atomic E-state index is -0.634. The van der Waals surface area contributed by atoms with Gasteiger partial charge in [-0.25, -0.2) is 0 Å². The second-order valence-corrected chi connectivity index (χ2v) is 4.06. The quantitative estimate of drug-likeness (QED) is 0.692. The van der Waals surface area contributed by atoms with Crippen LogP contribution in [0, 0.1) is 0 Å². The van der Waals surface area contributed by atoms with E-state index in [1.807, 2.05) is 30.3 Å². The Labute approximate surface area is 108 Å². The van der Waals surface area contributed by atoms with E-state index in [0.717, 1.165) is 5.56 Å². The average molecular weight is 248 g/mol. The highest BCUT2D eigenvalue weighted by atomic mass is 16.5. The molecule has 3 heteroatoms. The highest BCUT2D eigenvalue weighted by Crippen LogP contribution is 2.09. The Morgan fingerprint density at radius 2 is 2.06 bits per heavy atom. The van der Waals surface area contributed by atoms with Crippen LogP contribution in [0.3, 0.4) is 0 Å². The third-order valence-corrected chi connectivity index (χ3v) is 2.63. The van der Waals surface area contributed by atoms with Crippen LogP contribution in [0.25, 0.3) is 0 Å². The maximum atomic E-state index is 9.81. The monoisotopic (exact) mass is 248 g/mol. The Kier molecular flexibility index (Phi) is 7.07. The predicted molar refractivity (Wildman–Crippen MR) is 71.1 cm³/mol. The van der Waals surface area contributed by atoms with Crippen LogP contribution in [0.15, 0.2) is 48.2 Å². The second kappa shape index (κ2) is 8.67. The van der Waals surface area contributed by atoms with E-state index >= 15 is 0 Å². The summed E-state index contributed by atoms with van der Waals surface area (Å²) >= 11 is 0. The summed E-state index contributed by atoms with van der Waals surface area (Å²) in [6.07, 6.45) is 0.430. The molecule has 3 nitrogen and oxygen atoms in total. The number of aliphatic hydroxyl groups is 2. The van der Waals surface area contributed by atoms with Crippen molar-refractivity contribution in [3.8, 4) is 0 Å². The van der Waals surface area contributed by atoms with Gasteiger partial charge in [0.25, 0.3) is 0 Å². The number of hydrogen-bond acceptors (Lipinski definition) is 3. The first kappa shape index (κ1) is 14.7. The van der Waals surface area contributed by atoms with Crippen LogP contribution in [0.5, 0.6) is 0 Å². The van der Waals surface area contributed by atoms with Gasteiger partial charge in [-0.2, -0.15) is 0 Å². The molecule has 1 aromatic carbocycles. The zero-order chi connectivity index (χ0) is 13.2. The van der Waals surface area contributed by atoms with Crippen LogP contribution in [0.4, 0.5) is 0 Å². The molecule has 0 aliphatic carbocycles. The van der Waals surface area contributed by atoms with Gasteiger partial charge in [0, 0.05) is 12.2 Å². The molecule has 2 N–H and O–H groups in total. The fraction of sp³-hybridized carbons (Fsp3) is 0.400. The van der Waals surface area contributed by atoms with Gasteiger partial charge in [-0.05, 0) is 18.4 Å². The van der Waals surface area contributed by atoms with E-state index in [4.69, 9.17) is 9.84 Å². The molecule has 0 aromatic heterocycles. The molecule has 0 amide bonds. The van der Waals surface area contributed by atoms with Gasteiger partial charge in [-0.1, -0.05) is 36.9 Å². The van der Waals surface area contributed by atoms with Gasteiger partial charge in [0.1, 0.15) is 0 Å². The van der Waals surface area contributed by atoms with Crippen LogP contribution in [0.1, 0.15) is 18.4 Å². The van der Waals surface area contributed by atoms with Gasteiger partial charge in [0.2, 0.25) is 0 Å². The molecule has 0 aliphatic heterocycles. The highest BCUT2D eigenvalue weighted by molar-refractivity contribution is 5.13. The molecule has 1 rings (SSSR count). The Bertz CT molecular complexity index is 380. The van der Waals surface area contributed by atoms with Crippen molar-refractivity contribution in [1.82, 2.24) is 0 Å². The molecule has 0 saturated carbocycles. The summed E-state index contributed by atoms with van der Waals surface area (Å²) in [6.45, 7) is 4.44. The van der Waals surface area contributed by atoms with Crippen molar-refractivity contribution < 1.29 is 14.9 Å². The molecular weight excluding hydrogens is 228 g/mol. The van der Waals surface area contributed by atoms with Crippen LogP contribution < -0.4 is 0 Å². The number of rotatable bonds is 8. The lowest BCUT2D eigenvalue weighted by Gasteiger charge is -2.13. The van der Waals surface area contributed by atoms with E-state index < -0.39 is 6.10 Å². The minimum absolute atomic E-state index is 0.0757. The number of hydrogen-bond donors (Lipinski definition) is 2. The minimum Gasteiger partial charge on any atom is -0.396 e. The van der Waals surface area contributed by atoms with Gasteiger partial charge in [-0.3, -0.25) is 0 Å². The molecule has 0 heterocycles. The zero-order valence-electron chi connectivity index (χ0n) is 10.5. The zero-order valence-corrected chi connectivity index (χ0v) is 10.5. The molecule has 0 aliphatic rings. The molecular formula is C15H20O3. The largest absolute Gasteiger partial charge is 0.396 e. The number of ether oxygens (including phenoxy) is 1. The van der Waals surface area contributed by atoms with Crippen LogP contribution in [0.2, 0.25) is 0 Å². The summed E-state index contributed by atoms with van der Waals surface area (Å²) in [6, 6.07) is 9.84. The van der Waals surface area contributed by atoms with Gasteiger partial charge in [-0.15, -0.1) is 5.73 Å². The maximum Gasteiger partial charge on any atom is 0.0847 e. The summed E-state index contributed by atoms with van der Waals surface area (Å²) in [5.74, 6) is 0. The number of benzene rings is 1. The summed E-state index contributed by atoms with van der Waals surface area (Å²) in [7, 11) is 0. The van der Waals surface area contributed by atoms with Crippen LogP contribution in [-0.4, -0.2) is 29.5 Å². The molecule has 0 saturated heterocycles. The Morgan fingerprint density at radius 1 is 1.33 bits per heavy atom. The van der Waals surface area contributed by atoms with E-state index in [-0.39, 0.29) is 6.61 Å². The molecule has 18 heavy (non-hydrogen) atoms. The number of aliphatic hydroxyl groups excluding tert-OH is 2. The standard InChI is InChI=1S/C15H20O3/c1-2-14(15(17)9-6-10-16)12-18-11-13-7-4-3-5-8-13/h3-5,7-8,15-17H,1,6,9-12H2. The van der Waals surface area contributed by atoms with E-state index in [9.17, 15) is 5.11 Å². The van der Waals surface area contributed by atoms with E-state index in [1.54, 1.807) is 0 Å². The summed E-state index contributed by atoms with van der Waals surface area (Å²) < 4.78 is 5.51. The lowest BCUT2D eigenvalue weighted by Crippen LogP contribution is -2.15. The summed E-state index contributed by atoms with van der Waals surface area (Å²) in [5, 5.41) is 18.5. The van der Waals surface area contributed by atoms with Gasteiger partial charge in [0.05, 0.1) is 19.3 Å². The van der Waals surface area contributed by atoms with Crippen molar-refractivity contribution in [2.75, 3.05) is 13.2 Å². The summed E-state index contributed by atoms with van der Waals surface area (Å²) in [5.41, 5.74) is 4.43. The van der Waals surface area contributed by atoms with E-state index in [1.165, 1.54) is 0 Å². The molecule has 0 fully saturated rings. The average Bonchev–Trinajstić information content (AvgIpc) is 2.42. The molecule has 1 atom stereocenters. The van der Waals surface area contributed by atoms with Crippen molar-refractivity contribution >= 4 is 0 Å². The van der Waals surface area contributed by atoms with Gasteiger partial charge < -0.3 is 14.9 Å².